The first-order valence-corrected chi connectivity index (χ1v) is 7.29. The van der Waals surface area contributed by atoms with Gasteiger partial charge in [0.15, 0.2) is 6.61 Å². The fourth-order valence-electron chi connectivity index (χ4n) is 2.09. The Morgan fingerprint density at radius 3 is 2.64 bits per heavy atom. The molecule has 114 valence electrons. The molecule has 0 aliphatic rings. The van der Waals surface area contributed by atoms with Gasteiger partial charge in [0.1, 0.15) is 11.3 Å². The number of rotatable bonds is 5. The van der Waals surface area contributed by atoms with Crippen LogP contribution in [0.15, 0.2) is 42.5 Å². The number of nitrogens with zero attached hydrogens (tertiary/aromatic N) is 1. The Morgan fingerprint density at radius 2 is 1.95 bits per heavy atom. The lowest BCUT2D eigenvalue weighted by molar-refractivity contribution is -0.124. The fourth-order valence-corrected chi connectivity index (χ4v) is 2.09. The average Bonchev–Trinajstić information content (AvgIpc) is 2.52. The van der Waals surface area contributed by atoms with E-state index in [1.165, 1.54) is 0 Å². The summed E-state index contributed by atoms with van der Waals surface area (Å²) in [5.41, 5.74) is -0.890. The van der Waals surface area contributed by atoms with Crippen LogP contribution in [0.4, 0.5) is 0 Å². The van der Waals surface area contributed by atoms with Crippen molar-refractivity contribution in [1.29, 1.82) is 5.26 Å². The summed E-state index contributed by atoms with van der Waals surface area (Å²) in [6, 6.07) is 15.7. The van der Waals surface area contributed by atoms with E-state index >= 15 is 0 Å². The SMILES string of the molecule is CC(C)[C@](C)(C#N)NC(=O)COc1cccc2ccccc12. The normalized spacial score (nSPS) is 13.4. The Morgan fingerprint density at radius 1 is 1.27 bits per heavy atom. The minimum absolute atomic E-state index is 0.0130. The maximum absolute atomic E-state index is 12.0. The number of nitrogens with one attached hydrogen (secondary N) is 1. The van der Waals surface area contributed by atoms with Crippen LogP contribution in [0.1, 0.15) is 20.8 Å². The fraction of sp³-hybridized carbons (Fsp3) is 0.333. The number of fused-ring (bicyclic) bond motifs is 1. The van der Waals surface area contributed by atoms with E-state index in [2.05, 4.69) is 11.4 Å². The molecule has 0 aliphatic heterocycles. The minimum Gasteiger partial charge on any atom is -0.483 e. The van der Waals surface area contributed by atoms with E-state index in [4.69, 9.17) is 4.74 Å². The molecule has 4 heteroatoms. The molecular weight excluding hydrogens is 276 g/mol. The van der Waals surface area contributed by atoms with Gasteiger partial charge in [-0.3, -0.25) is 4.79 Å². The molecule has 0 saturated heterocycles. The molecule has 1 amide bonds. The first kappa shape index (κ1) is 15.8. The van der Waals surface area contributed by atoms with E-state index < -0.39 is 5.54 Å². The van der Waals surface area contributed by atoms with Gasteiger partial charge in [-0.05, 0) is 24.3 Å². The van der Waals surface area contributed by atoms with Crippen molar-refractivity contribution in [2.24, 2.45) is 5.92 Å². The first-order valence-electron chi connectivity index (χ1n) is 7.29. The number of ether oxygens (including phenoxy) is 1. The zero-order valence-electron chi connectivity index (χ0n) is 13.1. The third kappa shape index (κ3) is 3.37. The van der Waals surface area contributed by atoms with Crippen molar-refractivity contribution in [3.63, 3.8) is 0 Å². The molecule has 0 heterocycles. The smallest absolute Gasteiger partial charge is 0.259 e. The molecule has 2 aromatic carbocycles. The molecule has 0 saturated carbocycles. The topological polar surface area (TPSA) is 62.1 Å². The first-order chi connectivity index (χ1) is 10.5. The molecule has 0 bridgehead atoms. The summed E-state index contributed by atoms with van der Waals surface area (Å²) < 4.78 is 5.63. The minimum atomic E-state index is -0.890. The van der Waals surface area contributed by atoms with E-state index in [1.54, 1.807) is 6.92 Å². The summed E-state index contributed by atoms with van der Waals surface area (Å²) in [6.45, 7) is 5.40. The lowest BCUT2D eigenvalue weighted by Crippen LogP contribution is -2.50. The Bertz CT molecular complexity index is 713. The zero-order valence-corrected chi connectivity index (χ0v) is 13.1. The maximum atomic E-state index is 12.0. The lowest BCUT2D eigenvalue weighted by atomic mass is 9.90. The number of hydrogen-bond acceptors (Lipinski definition) is 3. The van der Waals surface area contributed by atoms with Crippen LogP contribution in [0.25, 0.3) is 10.8 Å². The van der Waals surface area contributed by atoms with Crippen LogP contribution in [-0.4, -0.2) is 18.1 Å². The maximum Gasteiger partial charge on any atom is 0.259 e. The van der Waals surface area contributed by atoms with Crippen molar-refractivity contribution in [1.82, 2.24) is 5.32 Å². The third-order valence-electron chi connectivity index (χ3n) is 3.89. The number of benzene rings is 2. The van der Waals surface area contributed by atoms with Gasteiger partial charge < -0.3 is 10.1 Å². The van der Waals surface area contributed by atoms with Crippen LogP contribution in [-0.2, 0) is 4.79 Å². The van der Waals surface area contributed by atoms with Gasteiger partial charge in [0, 0.05) is 5.39 Å². The Balaban J connectivity index is 2.06. The highest BCUT2D eigenvalue weighted by Crippen LogP contribution is 2.25. The van der Waals surface area contributed by atoms with Crippen LogP contribution < -0.4 is 10.1 Å². The second-order valence-electron chi connectivity index (χ2n) is 5.78. The van der Waals surface area contributed by atoms with Gasteiger partial charge in [-0.15, -0.1) is 0 Å². The van der Waals surface area contributed by atoms with E-state index in [-0.39, 0.29) is 18.4 Å². The average molecular weight is 296 g/mol. The second kappa shape index (κ2) is 6.48. The number of carbonyl (C=O) groups is 1. The lowest BCUT2D eigenvalue weighted by Gasteiger charge is -2.27. The molecule has 22 heavy (non-hydrogen) atoms. The van der Waals surface area contributed by atoms with E-state index in [9.17, 15) is 10.1 Å². The molecule has 2 aromatic rings. The number of carbonyl (C=O) groups excluding carboxylic acids is 1. The van der Waals surface area contributed by atoms with Crippen LogP contribution in [0.2, 0.25) is 0 Å². The van der Waals surface area contributed by atoms with Gasteiger partial charge in [-0.25, -0.2) is 0 Å². The van der Waals surface area contributed by atoms with Crippen molar-refractivity contribution in [2.75, 3.05) is 6.61 Å². The molecule has 0 fully saturated rings. The number of hydrogen-bond donors (Lipinski definition) is 1. The van der Waals surface area contributed by atoms with Crippen LogP contribution in [0, 0.1) is 17.2 Å². The van der Waals surface area contributed by atoms with Crippen LogP contribution in [0.5, 0.6) is 5.75 Å². The highest BCUT2D eigenvalue weighted by Gasteiger charge is 2.30. The molecule has 2 rings (SSSR count). The van der Waals surface area contributed by atoms with Gasteiger partial charge in [-0.1, -0.05) is 50.2 Å². The predicted octanol–water partition coefficient (Wildman–Crippen LogP) is 3.27. The molecule has 0 unspecified atom stereocenters. The quantitative estimate of drug-likeness (QED) is 0.921. The van der Waals surface area contributed by atoms with E-state index in [1.807, 2.05) is 56.3 Å². The van der Waals surface area contributed by atoms with Gasteiger partial charge in [0.2, 0.25) is 0 Å². The van der Waals surface area contributed by atoms with Crippen molar-refractivity contribution in [3.8, 4) is 11.8 Å². The standard InChI is InChI=1S/C18H20N2O2/c1-13(2)18(3,12-19)20-17(21)11-22-16-10-6-8-14-7-4-5-9-15(14)16/h4-10,13H,11H2,1-3H3,(H,20,21)/t18-/m0/s1. The molecular formula is C18H20N2O2. The van der Waals surface area contributed by atoms with Gasteiger partial charge >= 0.3 is 0 Å². The van der Waals surface area contributed by atoms with E-state index in [0.29, 0.717) is 5.75 Å². The van der Waals surface area contributed by atoms with Crippen LogP contribution in [0.3, 0.4) is 0 Å². The van der Waals surface area contributed by atoms with Crippen LogP contribution >= 0.6 is 0 Å². The Kier molecular flexibility index (Phi) is 4.67. The van der Waals surface area contributed by atoms with Gasteiger partial charge in [0.25, 0.3) is 5.91 Å². The third-order valence-corrected chi connectivity index (χ3v) is 3.89. The molecule has 0 aliphatic carbocycles. The van der Waals surface area contributed by atoms with Gasteiger partial charge in [0.05, 0.1) is 6.07 Å². The molecule has 0 radical (unpaired) electrons. The highest BCUT2D eigenvalue weighted by molar-refractivity contribution is 5.88. The molecule has 0 spiro atoms. The largest absolute Gasteiger partial charge is 0.483 e. The zero-order chi connectivity index (χ0) is 16.2. The number of nitriles is 1. The predicted molar refractivity (Wildman–Crippen MR) is 86.4 cm³/mol. The molecule has 1 N–H and O–H groups in total. The molecule has 4 nitrogen and oxygen atoms in total. The van der Waals surface area contributed by atoms with Crippen molar-refractivity contribution >= 4 is 16.7 Å². The van der Waals surface area contributed by atoms with Crippen molar-refractivity contribution in [3.05, 3.63) is 42.5 Å². The summed E-state index contributed by atoms with van der Waals surface area (Å²) in [5.74, 6) is 0.376. The monoisotopic (exact) mass is 296 g/mol. The summed E-state index contributed by atoms with van der Waals surface area (Å²) in [5, 5.41) is 14.0. The van der Waals surface area contributed by atoms with Gasteiger partial charge in [-0.2, -0.15) is 5.26 Å². The Hall–Kier alpha value is -2.54. The summed E-state index contributed by atoms with van der Waals surface area (Å²) in [4.78, 5) is 12.0. The summed E-state index contributed by atoms with van der Waals surface area (Å²) >= 11 is 0. The van der Waals surface area contributed by atoms with E-state index in [0.717, 1.165) is 10.8 Å². The summed E-state index contributed by atoms with van der Waals surface area (Å²) in [6.07, 6.45) is 0. The molecule has 1 atom stereocenters. The summed E-state index contributed by atoms with van der Waals surface area (Å²) in [7, 11) is 0. The Labute approximate surface area is 130 Å². The second-order valence-corrected chi connectivity index (χ2v) is 5.78. The number of amides is 1. The van der Waals surface area contributed by atoms with Crippen molar-refractivity contribution < 1.29 is 9.53 Å². The highest BCUT2D eigenvalue weighted by atomic mass is 16.5. The van der Waals surface area contributed by atoms with Crippen molar-refractivity contribution in [2.45, 2.75) is 26.3 Å². The molecule has 0 aromatic heterocycles.